The zero-order valence-corrected chi connectivity index (χ0v) is 18.5. The van der Waals surface area contributed by atoms with Crippen LogP contribution in [0.3, 0.4) is 0 Å². The van der Waals surface area contributed by atoms with E-state index in [9.17, 15) is 9.59 Å². The van der Waals surface area contributed by atoms with Gasteiger partial charge >= 0.3 is 6.03 Å². The lowest BCUT2D eigenvalue weighted by Gasteiger charge is -2.40. The van der Waals surface area contributed by atoms with Crippen molar-refractivity contribution in [3.8, 4) is 0 Å². The number of carbonyl (C=O) groups excluding carboxylic acids is 2. The molecular weight excluding hydrogens is 414 g/mol. The van der Waals surface area contributed by atoms with Gasteiger partial charge in [0.15, 0.2) is 12.2 Å². The van der Waals surface area contributed by atoms with Crippen LogP contribution in [-0.2, 0) is 11.3 Å². The van der Waals surface area contributed by atoms with Gasteiger partial charge in [-0.2, -0.15) is 0 Å². The summed E-state index contributed by atoms with van der Waals surface area (Å²) in [4.78, 5) is 38.4. The molecule has 2 aromatic rings. The number of carbonyl (C=O) groups is 2. The average molecular weight is 438 g/mol. The number of hydrogen-bond acceptors (Lipinski definition) is 5. The molecule has 3 heterocycles. The number of fused-ring (bicyclic) bond motifs is 3. The summed E-state index contributed by atoms with van der Waals surface area (Å²) in [6.45, 7) is 5.72. The van der Waals surface area contributed by atoms with Gasteiger partial charge in [0.1, 0.15) is 0 Å². The Morgan fingerprint density at radius 3 is 2.48 bits per heavy atom. The van der Waals surface area contributed by atoms with E-state index in [2.05, 4.69) is 36.9 Å². The van der Waals surface area contributed by atoms with Crippen molar-refractivity contribution >= 4 is 35.2 Å². The highest BCUT2D eigenvalue weighted by Gasteiger charge is 2.54. The summed E-state index contributed by atoms with van der Waals surface area (Å²) in [6.07, 6.45) is -0.522. The highest BCUT2D eigenvalue weighted by Crippen LogP contribution is 2.34. The number of anilines is 1. The van der Waals surface area contributed by atoms with Crippen LogP contribution >= 0.6 is 11.6 Å². The Balaban J connectivity index is 1.46. The van der Waals surface area contributed by atoms with Gasteiger partial charge in [-0.1, -0.05) is 35.9 Å². The SMILES string of the molecule is Cc1cc(C)cc(N2CCN3C2=NC2C3C(=O)N(Cc3ccccc3Cl)C(=O)N2C)c1. The maximum atomic E-state index is 13.5. The van der Waals surface area contributed by atoms with Crippen molar-refractivity contribution in [3.63, 3.8) is 0 Å². The third kappa shape index (κ3) is 3.15. The lowest BCUT2D eigenvalue weighted by atomic mass is 10.1. The number of urea groups is 1. The first-order valence-electron chi connectivity index (χ1n) is 10.4. The first kappa shape index (κ1) is 19.9. The molecule has 2 saturated heterocycles. The molecule has 3 aliphatic heterocycles. The van der Waals surface area contributed by atoms with E-state index < -0.39 is 12.2 Å². The second kappa shape index (κ2) is 7.27. The molecule has 0 saturated carbocycles. The molecule has 7 nitrogen and oxygen atoms in total. The third-order valence-corrected chi connectivity index (χ3v) is 6.55. The summed E-state index contributed by atoms with van der Waals surface area (Å²) in [7, 11) is 1.71. The van der Waals surface area contributed by atoms with Gasteiger partial charge in [0.05, 0.1) is 6.54 Å². The van der Waals surface area contributed by atoms with Crippen LogP contribution in [0.15, 0.2) is 47.5 Å². The molecule has 0 aromatic heterocycles. The fourth-order valence-corrected chi connectivity index (χ4v) is 4.93. The van der Waals surface area contributed by atoms with Crippen molar-refractivity contribution in [2.24, 2.45) is 4.99 Å². The van der Waals surface area contributed by atoms with Gasteiger partial charge in [-0.15, -0.1) is 0 Å². The summed E-state index contributed by atoms with van der Waals surface area (Å²) in [5, 5.41) is 0.540. The minimum atomic E-state index is -0.522. The quantitative estimate of drug-likeness (QED) is 0.739. The first-order chi connectivity index (χ1) is 14.8. The molecular formula is C23H24ClN5O2. The summed E-state index contributed by atoms with van der Waals surface area (Å²) < 4.78 is 0. The Bertz CT molecular complexity index is 1100. The molecule has 2 unspecified atom stereocenters. The maximum absolute atomic E-state index is 13.5. The number of halogens is 1. The van der Waals surface area contributed by atoms with E-state index in [4.69, 9.17) is 16.6 Å². The van der Waals surface area contributed by atoms with E-state index in [1.807, 2.05) is 23.1 Å². The Morgan fingerprint density at radius 2 is 1.77 bits per heavy atom. The molecule has 2 aromatic carbocycles. The first-order valence-corrected chi connectivity index (χ1v) is 10.7. The zero-order valence-electron chi connectivity index (χ0n) is 17.7. The van der Waals surface area contributed by atoms with Gasteiger partial charge in [0.2, 0.25) is 5.96 Å². The van der Waals surface area contributed by atoms with Crippen LogP contribution < -0.4 is 4.90 Å². The Labute approximate surface area is 186 Å². The molecule has 0 aliphatic carbocycles. The van der Waals surface area contributed by atoms with Crippen LogP contribution in [0.25, 0.3) is 0 Å². The monoisotopic (exact) mass is 437 g/mol. The van der Waals surface area contributed by atoms with Crippen molar-refractivity contribution in [2.45, 2.75) is 32.6 Å². The lowest BCUT2D eigenvalue weighted by Crippen LogP contribution is -2.64. The van der Waals surface area contributed by atoms with Crippen LogP contribution in [0, 0.1) is 13.8 Å². The lowest BCUT2D eigenvalue weighted by molar-refractivity contribution is -0.137. The van der Waals surface area contributed by atoms with Crippen molar-refractivity contribution in [1.82, 2.24) is 14.7 Å². The number of rotatable bonds is 3. The number of likely N-dealkylation sites (N-methyl/N-ethyl adjacent to an activating group) is 1. The molecule has 3 aliphatic rings. The van der Waals surface area contributed by atoms with Crippen molar-refractivity contribution in [2.75, 3.05) is 25.0 Å². The maximum Gasteiger partial charge on any atom is 0.328 e. The highest BCUT2D eigenvalue weighted by atomic mass is 35.5. The number of benzene rings is 2. The van der Waals surface area contributed by atoms with E-state index in [-0.39, 0.29) is 18.5 Å². The Hall–Kier alpha value is -3.06. The standard InChI is InChI=1S/C23H24ClN5O2/c1-14-10-15(2)12-17(11-14)27-8-9-28-19-20(25-22(27)28)26(3)23(31)29(21(19)30)13-16-6-4-5-7-18(16)24/h4-7,10-12,19-20H,8-9,13H2,1-3H3. The summed E-state index contributed by atoms with van der Waals surface area (Å²) >= 11 is 6.29. The highest BCUT2D eigenvalue weighted by molar-refractivity contribution is 6.31. The topological polar surface area (TPSA) is 59.5 Å². The molecule has 3 amide bonds. The predicted octanol–water partition coefficient (Wildman–Crippen LogP) is 3.24. The average Bonchev–Trinajstić information content (AvgIpc) is 3.29. The smallest absolute Gasteiger partial charge is 0.325 e. The summed E-state index contributed by atoms with van der Waals surface area (Å²) in [5.74, 6) is 0.529. The largest absolute Gasteiger partial charge is 0.328 e. The van der Waals surface area contributed by atoms with Gasteiger partial charge in [-0.05, 0) is 48.7 Å². The fraction of sp³-hybridized carbons (Fsp3) is 0.348. The predicted molar refractivity (Wildman–Crippen MR) is 120 cm³/mol. The Morgan fingerprint density at radius 1 is 1.06 bits per heavy atom. The van der Waals surface area contributed by atoms with Crippen molar-refractivity contribution < 1.29 is 9.59 Å². The van der Waals surface area contributed by atoms with Gasteiger partial charge in [-0.25, -0.2) is 9.79 Å². The molecule has 0 bridgehead atoms. The number of imide groups is 1. The molecule has 8 heteroatoms. The van der Waals surface area contributed by atoms with E-state index >= 15 is 0 Å². The van der Waals surface area contributed by atoms with E-state index in [0.717, 1.165) is 23.8 Å². The molecule has 0 radical (unpaired) electrons. The molecule has 160 valence electrons. The number of nitrogens with zero attached hydrogens (tertiary/aromatic N) is 5. The van der Waals surface area contributed by atoms with Crippen LogP contribution in [0.1, 0.15) is 16.7 Å². The molecule has 2 atom stereocenters. The van der Waals surface area contributed by atoms with Gasteiger partial charge in [0, 0.05) is 30.8 Å². The van der Waals surface area contributed by atoms with Crippen LogP contribution in [-0.4, -0.2) is 64.9 Å². The van der Waals surface area contributed by atoms with Crippen molar-refractivity contribution in [3.05, 3.63) is 64.2 Å². The third-order valence-electron chi connectivity index (χ3n) is 6.18. The normalized spacial score (nSPS) is 22.8. The van der Waals surface area contributed by atoms with E-state index in [1.165, 1.54) is 16.0 Å². The van der Waals surface area contributed by atoms with Crippen LogP contribution in [0.5, 0.6) is 0 Å². The number of aryl methyl sites for hydroxylation is 2. The number of guanidine groups is 1. The van der Waals surface area contributed by atoms with Gasteiger partial charge < -0.3 is 14.7 Å². The second-order valence-electron chi connectivity index (χ2n) is 8.39. The summed E-state index contributed by atoms with van der Waals surface area (Å²) in [5.41, 5.74) is 4.17. The van der Waals surface area contributed by atoms with Crippen molar-refractivity contribution in [1.29, 1.82) is 0 Å². The molecule has 0 spiro atoms. The van der Waals surface area contributed by atoms with Crippen LogP contribution in [0.2, 0.25) is 5.02 Å². The van der Waals surface area contributed by atoms with E-state index in [1.54, 1.807) is 18.0 Å². The minimum Gasteiger partial charge on any atom is -0.325 e. The minimum absolute atomic E-state index is 0.148. The Kier molecular flexibility index (Phi) is 4.66. The molecule has 0 N–H and O–H groups in total. The number of hydrogen-bond donors (Lipinski definition) is 0. The molecule has 5 rings (SSSR count). The zero-order chi connectivity index (χ0) is 21.9. The summed E-state index contributed by atoms with van der Waals surface area (Å²) in [6, 6.07) is 12.8. The number of amides is 3. The van der Waals surface area contributed by atoms with Crippen LogP contribution in [0.4, 0.5) is 10.5 Å². The van der Waals surface area contributed by atoms with Gasteiger partial charge in [-0.3, -0.25) is 9.69 Å². The molecule has 2 fully saturated rings. The molecule has 31 heavy (non-hydrogen) atoms. The number of aliphatic imine (C=N–C) groups is 1. The fourth-order valence-electron chi connectivity index (χ4n) is 4.73. The van der Waals surface area contributed by atoms with Gasteiger partial charge in [0.25, 0.3) is 5.91 Å². The second-order valence-corrected chi connectivity index (χ2v) is 8.79. The van der Waals surface area contributed by atoms with E-state index in [0.29, 0.717) is 11.6 Å².